The van der Waals surface area contributed by atoms with Gasteiger partial charge in [0, 0.05) is 12.6 Å². The molecular formula is C26H34N2O3. The average molecular weight is 423 g/mol. The highest BCUT2D eigenvalue weighted by molar-refractivity contribution is 5.88. The van der Waals surface area contributed by atoms with Crippen LogP contribution in [0.5, 0.6) is 5.75 Å². The third-order valence-corrected chi connectivity index (χ3v) is 6.04. The third-order valence-electron chi connectivity index (χ3n) is 6.04. The second-order valence-corrected chi connectivity index (χ2v) is 8.58. The van der Waals surface area contributed by atoms with Gasteiger partial charge in [0.15, 0.2) is 6.61 Å². The summed E-state index contributed by atoms with van der Waals surface area (Å²) in [4.78, 5) is 27.8. The van der Waals surface area contributed by atoms with Crippen LogP contribution in [0, 0.1) is 13.8 Å². The molecule has 0 unspecified atom stereocenters. The molecule has 0 aromatic heterocycles. The van der Waals surface area contributed by atoms with Crippen molar-refractivity contribution in [2.75, 3.05) is 6.61 Å². The summed E-state index contributed by atoms with van der Waals surface area (Å²) in [5.41, 5.74) is 3.13. The molecule has 1 fully saturated rings. The van der Waals surface area contributed by atoms with Crippen molar-refractivity contribution in [2.45, 2.75) is 71.5 Å². The van der Waals surface area contributed by atoms with E-state index in [1.807, 2.05) is 62.4 Å². The van der Waals surface area contributed by atoms with Crippen molar-refractivity contribution in [1.29, 1.82) is 0 Å². The molecule has 0 bridgehead atoms. The maximum absolute atomic E-state index is 13.2. The van der Waals surface area contributed by atoms with E-state index in [0.717, 1.165) is 42.4 Å². The standard InChI is InChI=1S/C26H34N2O3/c1-19-13-15-22(16-14-19)17-28(21(3)26(30)27-23-10-5-4-6-11-23)25(29)18-31-24-12-8-7-9-20(24)2/h7-9,12-16,21,23H,4-6,10-11,17-18H2,1-3H3,(H,27,30)/t21-/m1/s1. The number of aryl methyl sites for hydroxylation is 2. The van der Waals surface area contributed by atoms with Crippen LogP contribution in [0.2, 0.25) is 0 Å². The van der Waals surface area contributed by atoms with Crippen LogP contribution in [0.15, 0.2) is 48.5 Å². The lowest BCUT2D eigenvalue weighted by atomic mass is 9.95. The lowest BCUT2D eigenvalue weighted by molar-refractivity contribution is -0.142. The Balaban J connectivity index is 1.70. The van der Waals surface area contributed by atoms with Crippen LogP contribution in [0.4, 0.5) is 0 Å². The van der Waals surface area contributed by atoms with Gasteiger partial charge in [-0.1, -0.05) is 67.3 Å². The molecule has 1 atom stereocenters. The van der Waals surface area contributed by atoms with Gasteiger partial charge in [0.25, 0.3) is 5.91 Å². The van der Waals surface area contributed by atoms with E-state index in [9.17, 15) is 9.59 Å². The largest absolute Gasteiger partial charge is 0.484 e. The fourth-order valence-electron chi connectivity index (χ4n) is 3.98. The number of hydrogen-bond acceptors (Lipinski definition) is 3. The van der Waals surface area contributed by atoms with Crippen molar-refractivity contribution in [3.8, 4) is 5.75 Å². The average Bonchev–Trinajstić information content (AvgIpc) is 2.78. The van der Waals surface area contributed by atoms with Gasteiger partial charge < -0.3 is 15.0 Å². The number of para-hydroxylation sites is 1. The van der Waals surface area contributed by atoms with Crippen LogP contribution in [0.3, 0.4) is 0 Å². The number of ether oxygens (including phenoxy) is 1. The molecule has 5 heteroatoms. The van der Waals surface area contributed by atoms with Crippen LogP contribution >= 0.6 is 0 Å². The predicted octanol–water partition coefficient (Wildman–Crippen LogP) is 4.55. The Morgan fingerprint density at radius 3 is 2.39 bits per heavy atom. The Kier molecular flexibility index (Phi) is 8.10. The van der Waals surface area contributed by atoms with Crippen molar-refractivity contribution in [3.63, 3.8) is 0 Å². The minimum absolute atomic E-state index is 0.0942. The molecule has 0 aliphatic heterocycles. The molecule has 5 nitrogen and oxygen atoms in total. The van der Waals surface area contributed by atoms with E-state index in [0.29, 0.717) is 12.3 Å². The van der Waals surface area contributed by atoms with Crippen LogP contribution in [-0.2, 0) is 16.1 Å². The number of carbonyl (C=O) groups excluding carboxylic acids is 2. The number of nitrogens with zero attached hydrogens (tertiary/aromatic N) is 1. The van der Waals surface area contributed by atoms with Gasteiger partial charge in [-0.05, 0) is 50.8 Å². The molecule has 1 aliphatic carbocycles. The predicted molar refractivity (Wildman–Crippen MR) is 123 cm³/mol. The topological polar surface area (TPSA) is 58.6 Å². The van der Waals surface area contributed by atoms with Crippen LogP contribution in [-0.4, -0.2) is 35.4 Å². The van der Waals surface area contributed by atoms with Crippen LogP contribution in [0.1, 0.15) is 55.7 Å². The van der Waals surface area contributed by atoms with Gasteiger partial charge in [-0.25, -0.2) is 0 Å². The van der Waals surface area contributed by atoms with Gasteiger partial charge in [0.1, 0.15) is 11.8 Å². The summed E-state index contributed by atoms with van der Waals surface area (Å²) in [7, 11) is 0. The van der Waals surface area contributed by atoms with Crippen molar-refractivity contribution in [2.24, 2.45) is 0 Å². The highest BCUT2D eigenvalue weighted by Gasteiger charge is 2.28. The Bertz CT molecular complexity index is 872. The normalized spacial score (nSPS) is 15.2. The summed E-state index contributed by atoms with van der Waals surface area (Å²) in [6.07, 6.45) is 5.56. The first-order valence-corrected chi connectivity index (χ1v) is 11.3. The van der Waals surface area contributed by atoms with Gasteiger partial charge in [-0.3, -0.25) is 9.59 Å². The summed E-state index contributed by atoms with van der Waals surface area (Å²) in [6, 6.07) is 15.3. The van der Waals surface area contributed by atoms with E-state index in [-0.39, 0.29) is 24.5 Å². The maximum Gasteiger partial charge on any atom is 0.261 e. The molecule has 1 saturated carbocycles. The second-order valence-electron chi connectivity index (χ2n) is 8.58. The first-order chi connectivity index (χ1) is 14.9. The number of benzene rings is 2. The fraction of sp³-hybridized carbons (Fsp3) is 0.462. The Hall–Kier alpha value is -2.82. The molecule has 0 saturated heterocycles. The van der Waals surface area contributed by atoms with Gasteiger partial charge in [0.2, 0.25) is 5.91 Å². The van der Waals surface area contributed by atoms with Crippen molar-refractivity contribution in [1.82, 2.24) is 10.2 Å². The Morgan fingerprint density at radius 1 is 1.03 bits per heavy atom. The van der Waals surface area contributed by atoms with Gasteiger partial charge in [-0.2, -0.15) is 0 Å². The number of rotatable bonds is 8. The zero-order chi connectivity index (χ0) is 22.2. The van der Waals surface area contributed by atoms with E-state index in [2.05, 4.69) is 5.32 Å². The van der Waals surface area contributed by atoms with Gasteiger partial charge >= 0.3 is 0 Å². The summed E-state index contributed by atoms with van der Waals surface area (Å²) in [5.74, 6) is 0.392. The number of nitrogens with one attached hydrogen (secondary N) is 1. The minimum atomic E-state index is -0.573. The molecule has 3 rings (SSSR count). The first-order valence-electron chi connectivity index (χ1n) is 11.3. The summed E-state index contributed by atoms with van der Waals surface area (Å²) >= 11 is 0. The van der Waals surface area contributed by atoms with Crippen LogP contribution in [0.25, 0.3) is 0 Å². The van der Waals surface area contributed by atoms with E-state index >= 15 is 0 Å². The molecule has 31 heavy (non-hydrogen) atoms. The first kappa shape index (κ1) is 22.9. The summed E-state index contributed by atoms with van der Waals surface area (Å²) < 4.78 is 5.79. The SMILES string of the molecule is Cc1ccc(CN(C(=O)COc2ccccc2C)[C@H](C)C(=O)NC2CCCCC2)cc1. The van der Waals surface area contributed by atoms with Crippen LogP contribution < -0.4 is 10.1 Å². The van der Waals surface area contributed by atoms with E-state index in [4.69, 9.17) is 4.74 Å². The maximum atomic E-state index is 13.2. The monoisotopic (exact) mass is 422 g/mol. The molecule has 2 amide bonds. The molecule has 0 radical (unpaired) electrons. The van der Waals surface area contributed by atoms with Crippen molar-refractivity contribution >= 4 is 11.8 Å². The number of carbonyl (C=O) groups is 2. The summed E-state index contributed by atoms with van der Waals surface area (Å²) in [6.45, 7) is 6.05. The third kappa shape index (κ3) is 6.58. The Morgan fingerprint density at radius 2 is 1.71 bits per heavy atom. The Labute approximate surface area is 185 Å². The van der Waals surface area contributed by atoms with E-state index in [1.54, 1.807) is 11.8 Å². The molecule has 0 heterocycles. The molecular weight excluding hydrogens is 388 g/mol. The smallest absolute Gasteiger partial charge is 0.261 e. The van der Waals surface area contributed by atoms with Crippen molar-refractivity contribution in [3.05, 3.63) is 65.2 Å². The molecule has 1 N–H and O–H groups in total. The molecule has 0 spiro atoms. The van der Waals surface area contributed by atoms with E-state index in [1.165, 1.54) is 6.42 Å². The second kappa shape index (κ2) is 11.0. The number of hydrogen-bond donors (Lipinski definition) is 1. The quantitative estimate of drug-likeness (QED) is 0.679. The zero-order valence-electron chi connectivity index (χ0n) is 18.9. The fourth-order valence-corrected chi connectivity index (χ4v) is 3.98. The van der Waals surface area contributed by atoms with Gasteiger partial charge in [-0.15, -0.1) is 0 Å². The van der Waals surface area contributed by atoms with Gasteiger partial charge in [0.05, 0.1) is 0 Å². The molecule has 2 aromatic carbocycles. The molecule has 1 aliphatic rings. The minimum Gasteiger partial charge on any atom is -0.484 e. The lowest BCUT2D eigenvalue weighted by Gasteiger charge is -2.31. The zero-order valence-corrected chi connectivity index (χ0v) is 18.9. The van der Waals surface area contributed by atoms with Crippen molar-refractivity contribution < 1.29 is 14.3 Å². The lowest BCUT2D eigenvalue weighted by Crippen LogP contribution is -2.51. The highest BCUT2D eigenvalue weighted by Crippen LogP contribution is 2.19. The molecule has 166 valence electrons. The number of amides is 2. The van der Waals surface area contributed by atoms with E-state index < -0.39 is 6.04 Å². The highest BCUT2D eigenvalue weighted by atomic mass is 16.5. The molecule has 2 aromatic rings. The summed E-state index contributed by atoms with van der Waals surface area (Å²) in [5, 5.41) is 3.16.